The highest BCUT2D eigenvalue weighted by Crippen LogP contribution is 2.37. The Morgan fingerprint density at radius 3 is 2.83 bits per heavy atom. The fraction of sp³-hybridized carbons (Fsp3) is 0.333. The molecule has 2 heterocycles. The summed E-state index contributed by atoms with van der Waals surface area (Å²) in [5.74, 6) is -0.713. The molecule has 2 aromatic carbocycles. The van der Waals surface area contributed by atoms with Crippen LogP contribution in [0.3, 0.4) is 0 Å². The van der Waals surface area contributed by atoms with Crippen molar-refractivity contribution >= 4 is 40.7 Å². The smallest absolute Gasteiger partial charge is 0.252 e. The second kappa shape index (κ2) is 7.94. The van der Waals surface area contributed by atoms with Crippen molar-refractivity contribution in [1.29, 1.82) is 0 Å². The SMILES string of the molecule is CN1CCC(CNC(=O)c2cc3c(cc2Cl)NC(=O)C3)C1c1ccc(Cl)c(F)c1. The molecule has 29 heavy (non-hydrogen) atoms. The van der Waals surface area contributed by atoms with Crippen LogP contribution in [0.4, 0.5) is 10.1 Å². The Labute approximate surface area is 178 Å². The minimum atomic E-state index is -0.444. The first kappa shape index (κ1) is 20.1. The number of likely N-dealkylation sites (tertiary alicyclic amines) is 1. The number of hydrogen-bond donors (Lipinski definition) is 2. The van der Waals surface area contributed by atoms with Crippen molar-refractivity contribution in [2.75, 3.05) is 25.5 Å². The average Bonchev–Trinajstić information content (AvgIpc) is 3.22. The van der Waals surface area contributed by atoms with E-state index in [1.54, 1.807) is 18.2 Å². The Balaban J connectivity index is 1.48. The predicted molar refractivity (Wildman–Crippen MR) is 111 cm³/mol. The van der Waals surface area contributed by atoms with Gasteiger partial charge in [0.15, 0.2) is 0 Å². The highest BCUT2D eigenvalue weighted by Gasteiger charge is 2.33. The van der Waals surface area contributed by atoms with Crippen molar-refractivity contribution in [3.05, 3.63) is 62.9 Å². The Morgan fingerprint density at radius 1 is 1.28 bits per heavy atom. The van der Waals surface area contributed by atoms with Crippen LogP contribution in [-0.4, -0.2) is 36.9 Å². The minimum Gasteiger partial charge on any atom is -0.352 e. The van der Waals surface area contributed by atoms with Gasteiger partial charge in [0.1, 0.15) is 5.82 Å². The molecule has 2 N–H and O–H groups in total. The number of nitrogens with one attached hydrogen (secondary N) is 2. The number of nitrogens with zero attached hydrogens (tertiary/aromatic N) is 1. The Kier molecular flexibility index (Phi) is 5.51. The third kappa shape index (κ3) is 3.97. The third-order valence-corrected chi connectivity index (χ3v) is 6.27. The molecule has 2 atom stereocenters. The zero-order valence-corrected chi connectivity index (χ0v) is 17.3. The Hall–Kier alpha value is -2.15. The van der Waals surface area contributed by atoms with Crippen LogP contribution in [-0.2, 0) is 11.2 Å². The largest absolute Gasteiger partial charge is 0.352 e. The minimum absolute atomic E-state index is 0.0145. The molecule has 8 heteroatoms. The number of hydrogen-bond acceptors (Lipinski definition) is 3. The summed E-state index contributed by atoms with van der Waals surface area (Å²) in [7, 11) is 1.99. The van der Waals surface area contributed by atoms with Gasteiger partial charge in [-0.1, -0.05) is 29.3 Å². The third-order valence-electron chi connectivity index (χ3n) is 5.65. The van der Waals surface area contributed by atoms with Gasteiger partial charge in [-0.05, 0) is 61.3 Å². The number of carbonyl (C=O) groups excluding carboxylic acids is 2. The molecule has 0 bridgehead atoms. The molecule has 2 aromatic rings. The molecule has 2 unspecified atom stereocenters. The van der Waals surface area contributed by atoms with Crippen LogP contribution in [0, 0.1) is 11.7 Å². The lowest BCUT2D eigenvalue weighted by molar-refractivity contribution is -0.115. The van der Waals surface area contributed by atoms with Gasteiger partial charge in [0.2, 0.25) is 5.91 Å². The summed E-state index contributed by atoms with van der Waals surface area (Å²) in [6, 6.07) is 8.11. The highest BCUT2D eigenvalue weighted by atomic mass is 35.5. The number of fused-ring (bicyclic) bond motifs is 1. The van der Waals surface area contributed by atoms with E-state index < -0.39 is 5.82 Å². The van der Waals surface area contributed by atoms with Crippen LogP contribution < -0.4 is 10.6 Å². The molecular weight excluding hydrogens is 416 g/mol. The summed E-state index contributed by atoms with van der Waals surface area (Å²) < 4.78 is 13.9. The van der Waals surface area contributed by atoms with E-state index in [1.807, 2.05) is 13.1 Å². The summed E-state index contributed by atoms with van der Waals surface area (Å²) in [5, 5.41) is 6.06. The van der Waals surface area contributed by atoms with Crippen LogP contribution in [0.2, 0.25) is 10.0 Å². The maximum atomic E-state index is 13.9. The standard InChI is InChI=1S/C21H20Cl2FN3O2/c1-27-5-4-12(20(27)11-2-3-15(22)17(24)7-11)10-25-21(29)14-6-13-8-19(28)26-18(13)9-16(14)23/h2-3,6-7,9,12,20H,4-5,8,10H2,1H3,(H,25,29)(H,26,28). The molecule has 2 amide bonds. The average molecular weight is 436 g/mol. The molecule has 0 saturated carbocycles. The van der Waals surface area contributed by atoms with Crippen LogP contribution in [0.1, 0.15) is 33.9 Å². The number of anilines is 1. The fourth-order valence-corrected chi connectivity index (χ4v) is 4.57. The molecule has 4 rings (SSSR count). The van der Waals surface area contributed by atoms with Gasteiger partial charge in [-0.25, -0.2) is 4.39 Å². The second-order valence-electron chi connectivity index (χ2n) is 7.57. The molecule has 0 aromatic heterocycles. The van der Waals surface area contributed by atoms with Crippen molar-refractivity contribution in [2.24, 2.45) is 5.92 Å². The molecular formula is C21H20Cl2FN3O2. The molecule has 0 aliphatic carbocycles. The van der Waals surface area contributed by atoms with Gasteiger partial charge >= 0.3 is 0 Å². The Bertz CT molecular complexity index is 998. The quantitative estimate of drug-likeness (QED) is 0.761. The van der Waals surface area contributed by atoms with Gasteiger partial charge in [-0.15, -0.1) is 0 Å². The molecule has 0 radical (unpaired) electrons. The predicted octanol–water partition coefficient (Wildman–Crippen LogP) is 4.05. The van der Waals surface area contributed by atoms with Gasteiger partial charge in [0.25, 0.3) is 5.91 Å². The van der Waals surface area contributed by atoms with Gasteiger partial charge in [0.05, 0.1) is 22.0 Å². The van der Waals surface area contributed by atoms with Gasteiger partial charge in [0, 0.05) is 18.3 Å². The monoisotopic (exact) mass is 435 g/mol. The summed E-state index contributed by atoms with van der Waals surface area (Å²) in [6.45, 7) is 1.28. The van der Waals surface area contributed by atoms with E-state index in [2.05, 4.69) is 15.5 Å². The van der Waals surface area contributed by atoms with Crippen molar-refractivity contribution in [2.45, 2.75) is 18.9 Å². The lowest BCUT2D eigenvalue weighted by atomic mass is 9.93. The first-order valence-corrected chi connectivity index (χ1v) is 10.1. The van der Waals surface area contributed by atoms with E-state index in [0.29, 0.717) is 22.8 Å². The number of amides is 2. The zero-order chi connectivity index (χ0) is 20.7. The van der Waals surface area contributed by atoms with Gasteiger partial charge in [-0.2, -0.15) is 0 Å². The molecule has 5 nitrogen and oxygen atoms in total. The van der Waals surface area contributed by atoms with E-state index in [1.165, 1.54) is 6.07 Å². The summed E-state index contributed by atoms with van der Waals surface area (Å²) in [4.78, 5) is 26.4. The number of rotatable bonds is 4. The summed E-state index contributed by atoms with van der Waals surface area (Å²) >= 11 is 12.1. The van der Waals surface area contributed by atoms with E-state index in [0.717, 1.165) is 24.1 Å². The van der Waals surface area contributed by atoms with Crippen LogP contribution in [0.5, 0.6) is 0 Å². The van der Waals surface area contributed by atoms with E-state index in [9.17, 15) is 14.0 Å². The molecule has 0 spiro atoms. The molecule has 152 valence electrons. The van der Waals surface area contributed by atoms with Crippen molar-refractivity contribution in [3.63, 3.8) is 0 Å². The van der Waals surface area contributed by atoms with Crippen LogP contribution >= 0.6 is 23.2 Å². The topological polar surface area (TPSA) is 61.4 Å². The molecule has 2 aliphatic rings. The van der Waals surface area contributed by atoms with Crippen LogP contribution in [0.15, 0.2) is 30.3 Å². The van der Waals surface area contributed by atoms with Crippen LogP contribution in [0.25, 0.3) is 0 Å². The van der Waals surface area contributed by atoms with Gasteiger partial charge < -0.3 is 10.6 Å². The maximum Gasteiger partial charge on any atom is 0.252 e. The fourth-order valence-electron chi connectivity index (χ4n) is 4.20. The Morgan fingerprint density at radius 2 is 2.07 bits per heavy atom. The van der Waals surface area contributed by atoms with Crippen molar-refractivity contribution in [3.8, 4) is 0 Å². The molecule has 1 fully saturated rings. The summed E-state index contributed by atoms with van der Waals surface area (Å²) in [6.07, 6.45) is 1.12. The van der Waals surface area contributed by atoms with Crippen molar-refractivity contribution < 1.29 is 14.0 Å². The molecule has 1 saturated heterocycles. The van der Waals surface area contributed by atoms with E-state index >= 15 is 0 Å². The lowest BCUT2D eigenvalue weighted by Gasteiger charge is -2.26. The number of carbonyl (C=O) groups is 2. The zero-order valence-electron chi connectivity index (χ0n) is 15.8. The van der Waals surface area contributed by atoms with Gasteiger partial charge in [-0.3, -0.25) is 14.5 Å². The second-order valence-corrected chi connectivity index (χ2v) is 8.39. The normalized spacial score (nSPS) is 21.2. The highest BCUT2D eigenvalue weighted by molar-refractivity contribution is 6.34. The van der Waals surface area contributed by atoms with Crippen molar-refractivity contribution in [1.82, 2.24) is 10.2 Å². The first-order chi connectivity index (χ1) is 13.8. The number of halogens is 3. The molecule has 2 aliphatic heterocycles. The lowest BCUT2D eigenvalue weighted by Crippen LogP contribution is -2.32. The van der Waals surface area contributed by atoms with E-state index in [-0.39, 0.29) is 35.2 Å². The number of benzene rings is 2. The first-order valence-electron chi connectivity index (χ1n) is 9.39. The summed E-state index contributed by atoms with van der Waals surface area (Å²) in [5.41, 5.74) is 2.60. The van der Waals surface area contributed by atoms with E-state index in [4.69, 9.17) is 23.2 Å². The maximum absolute atomic E-state index is 13.9.